The number of hydrogen-bond acceptors (Lipinski definition) is 8. The van der Waals surface area contributed by atoms with E-state index in [2.05, 4.69) is 20.9 Å². The van der Waals surface area contributed by atoms with Crippen LogP contribution in [0.25, 0.3) is 5.69 Å². The van der Waals surface area contributed by atoms with E-state index >= 15 is 0 Å². The van der Waals surface area contributed by atoms with E-state index in [0.717, 1.165) is 0 Å². The molecule has 2 aromatic rings. The molecule has 1 aromatic carbocycles. The fourth-order valence-corrected chi connectivity index (χ4v) is 2.39. The Morgan fingerprint density at radius 1 is 1.17 bits per heavy atom. The Balaban J connectivity index is 2.40. The molecule has 0 unspecified atom stereocenters. The summed E-state index contributed by atoms with van der Waals surface area (Å²) in [5, 5.41) is 12.7. The van der Waals surface area contributed by atoms with E-state index in [-0.39, 0.29) is 24.7 Å². The van der Waals surface area contributed by atoms with Crippen LogP contribution in [0.1, 0.15) is 38.2 Å². The van der Waals surface area contributed by atoms with Crippen LogP contribution in [0, 0.1) is 0 Å². The average Bonchev–Trinajstić information content (AvgIpc) is 3.08. The van der Waals surface area contributed by atoms with E-state index < -0.39 is 23.6 Å². The number of para-hydroxylation sites is 2. The summed E-state index contributed by atoms with van der Waals surface area (Å²) in [6.45, 7) is 6.57. The van der Waals surface area contributed by atoms with Crippen LogP contribution in [0.4, 0.5) is 10.6 Å². The number of amides is 2. The zero-order valence-electron chi connectivity index (χ0n) is 17.5. The van der Waals surface area contributed by atoms with Crippen LogP contribution in [0.15, 0.2) is 24.3 Å². The molecule has 11 heteroatoms. The molecular weight excluding hydrogens is 394 g/mol. The summed E-state index contributed by atoms with van der Waals surface area (Å²) in [7, 11) is 1.47. The number of esters is 1. The molecule has 0 aliphatic carbocycles. The number of benzene rings is 1. The molecule has 0 atom stereocenters. The fourth-order valence-electron chi connectivity index (χ4n) is 2.39. The number of hydrogen-bond donors (Lipinski definition) is 2. The monoisotopic (exact) mass is 419 g/mol. The van der Waals surface area contributed by atoms with Gasteiger partial charge in [0.15, 0.2) is 11.5 Å². The topological polar surface area (TPSA) is 134 Å². The second-order valence-electron chi connectivity index (χ2n) is 6.98. The van der Waals surface area contributed by atoms with Gasteiger partial charge in [0.25, 0.3) is 5.91 Å². The maximum atomic E-state index is 12.8. The SMILES string of the molecule is CCOC(=O)CNC(=O)c1c(NC(=O)OC(C)(C)C)nnn1-c1ccccc1OC. The number of aromatic nitrogens is 3. The molecule has 0 spiro atoms. The van der Waals surface area contributed by atoms with Crippen molar-refractivity contribution in [3.05, 3.63) is 30.0 Å². The molecule has 1 aromatic heterocycles. The number of nitrogens with zero attached hydrogens (tertiary/aromatic N) is 3. The second kappa shape index (κ2) is 9.72. The minimum atomic E-state index is -0.811. The summed E-state index contributed by atoms with van der Waals surface area (Å²) in [6, 6.07) is 6.81. The van der Waals surface area contributed by atoms with Gasteiger partial charge in [0.2, 0.25) is 0 Å². The molecule has 0 aliphatic rings. The zero-order valence-corrected chi connectivity index (χ0v) is 17.5. The number of ether oxygens (including phenoxy) is 3. The quantitative estimate of drug-likeness (QED) is 0.650. The van der Waals surface area contributed by atoms with E-state index in [0.29, 0.717) is 11.4 Å². The van der Waals surface area contributed by atoms with E-state index in [1.807, 2.05) is 0 Å². The third-order valence-corrected chi connectivity index (χ3v) is 3.52. The van der Waals surface area contributed by atoms with Gasteiger partial charge in [-0.15, -0.1) is 5.10 Å². The number of rotatable bonds is 7. The first kappa shape index (κ1) is 22.7. The second-order valence-corrected chi connectivity index (χ2v) is 6.98. The first-order valence-electron chi connectivity index (χ1n) is 9.19. The molecule has 2 amide bonds. The molecule has 0 bridgehead atoms. The van der Waals surface area contributed by atoms with Crippen LogP contribution in [-0.4, -0.2) is 58.8 Å². The van der Waals surface area contributed by atoms with Gasteiger partial charge in [-0.1, -0.05) is 17.3 Å². The molecular formula is C19H25N5O6. The van der Waals surface area contributed by atoms with Crippen LogP contribution in [0.3, 0.4) is 0 Å². The molecule has 0 fully saturated rings. The van der Waals surface area contributed by atoms with Gasteiger partial charge in [-0.2, -0.15) is 0 Å². The van der Waals surface area contributed by atoms with Gasteiger partial charge in [0.1, 0.15) is 23.6 Å². The Morgan fingerprint density at radius 2 is 1.87 bits per heavy atom. The summed E-state index contributed by atoms with van der Waals surface area (Å²) in [4.78, 5) is 36.6. The van der Waals surface area contributed by atoms with Crippen molar-refractivity contribution in [1.82, 2.24) is 20.3 Å². The lowest BCUT2D eigenvalue weighted by atomic mass is 10.2. The molecule has 0 saturated carbocycles. The highest BCUT2D eigenvalue weighted by Crippen LogP contribution is 2.25. The number of nitrogens with one attached hydrogen (secondary N) is 2. The smallest absolute Gasteiger partial charge is 0.413 e. The Labute approximate surface area is 173 Å². The predicted octanol–water partition coefficient (Wildman–Crippen LogP) is 1.92. The van der Waals surface area contributed by atoms with Gasteiger partial charge in [-0.25, -0.2) is 9.48 Å². The number of carbonyl (C=O) groups is 3. The lowest BCUT2D eigenvalue weighted by molar-refractivity contribution is -0.141. The average molecular weight is 419 g/mol. The molecule has 2 rings (SSSR count). The Hall–Kier alpha value is -3.63. The van der Waals surface area contributed by atoms with E-state index in [1.54, 1.807) is 52.0 Å². The molecule has 0 saturated heterocycles. The maximum Gasteiger partial charge on any atom is 0.413 e. The third kappa shape index (κ3) is 5.93. The normalized spacial score (nSPS) is 10.8. The van der Waals surface area contributed by atoms with Crippen molar-refractivity contribution in [3.63, 3.8) is 0 Å². The molecule has 2 N–H and O–H groups in total. The van der Waals surface area contributed by atoms with Crippen LogP contribution in [0.5, 0.6) is 5.75 Å². The largest absolute Gasteiger partial charge is 0.494 e. The van der Waals surface area contributed by atoms with Crippen molar-refractivity contribution in [2.24, 2.45) is 0 Å². The van der Waals surface area contributed by atoms with Crippen molar-refractivity contribution >= 4 is 23.8 Å². The van der Waals surface area contributed by atoms with Crippen LogP contribution in [-0.2, 0) is 14.3 Å². The highest BCUT2D eigenvalue weighted by Gasteiger charge is 2.26. The van der Waals surface area contributed by atoms with Gasteiger partial charge >= 0.3 is 12.1 Å². The van der Waals surface area contributed by atoms with Gasteiger partial charge in [0.05, 0.1) is 13.7 Å². The van der Waals surface area contributed by atoms with Gasteiger partial charge < -0.3 is 19.5 Å². The van der Waals surface area contributed by atoms with Crippen LogP contribution in [0.2, 0.25) is 0 Å². The highest BCUT2D eigenvalue weighted by molar-refractivity contribution is 6.01. The van der Waals surface area contributed by atoms with Crippen molar-refractivity contribution in [2.75, 3.05) is 25.6 Å². The number of methoxy groups -OCH3 is 1. The van der Waals surface area contributed by atoms with E-state index in [9.17, 15) is 14.4 Å². The molecule has 11 nitrogen and oxygen atoms in total. The Kier molecular flexibility index (Phi) is 7.34. The predicted molar refractivity (Wildman–Crippen MR) is 107 cm³/mol. The molecule has 1 heterocycles. The van der Waals surface area contributed by atoms with Crippen LogP contribution < -0.4 is 15.4 Å². The summed E-state index contributed by atoms with van der Waals surface area (Å²) in [5.41, 5.74) is -0.463. The molecule has 0 radical (unpaired) electrons. The molecule has 30 heavy (non-hydrogen) atoms. The zero-order chi connectivity index (χ0) is 22.3. The summed E-state index contributed by atoms with van der Waals surface area (Å²) >= 11 is 0. The highest BCUT2D eigenvalue weighted by atomic mass is 16.6. The van der Waals surface area contributed by atoms with Crippen LogP contribution >= 0.6 is 0 Å². The van der Waals surface area contributed by atoms with E-state index in [4.69, 9.17) is 14.2 Å². The number of carbonyl (C=O) groups excluding carboxylic acids is 3. The number of anilines is 1. The minimum absolute atomic E-state index is 0.116. The standard InChI is InChI=1S/C19H25N5O6/c1-6-29-14(25)11-20-17(26)15-16(21-18(27)30-19(2,3)4)22-23-24(15)12-9-7-8-10-13(12)28-5/h7-10H,6,11H2,1-5H3,(H,20,26)(H,21,27). The van der Waals surface area contributed by atoms with Gasteiger partial charge in [0, 0.05) is 0 Å². The molecule has 162 valence electrons. The first-order valence-corrected chi connectivity index (χ1v) is 9.19. The lowest BCUT2D eigenvalue weighted by Gasteiger charge is -2.19. The molecule has 0 aliphatic heterocycles. The maximum absolute atomic E-state index is 12.8. The summed E-state index contributed by atoms with van der Waals surface area (Å²) in [6.07, 6.45) is -0.811. The van der Waals surface area contributed by atoms with Crippen molar-refractivity contribution in [3.8, 4) is 11.4 Å². The Bertz CT molecular complexity index is 918. The lowest BCUT2D eigenvalue weighted by Crippen LogP contribution is -2.33. The first-order chi connectivity index (χ1) is 14.2. The van der Waals surface area contributed by atoms with Crippen molar-refractivity contribution in [2.45, 2.75) is 33.3 Å². The van der Waals surface area contributed by atoms with E-state index in [1.165, 1.54) is 11.8 Å². The minimum Gasteiger partial charge on any atom is -0.494 e. The van der Waals surface area contributed by atoms with Crippen molar-refractivity contribution in [1.29, 1.82) is 0 Å². The fraction of sp³-hybridized carbons (Fsp3) is 0.421. The Morgan fingerprint density at radius 3 is 2.50 bits per heavy atom. The third-order valence-electron chi connectivity index (χ3n) is 3.52. The summed E-state index contributed by atoms with van der Waals surface area (Å²) in [5.74, 6) is -1.03. The van der Waals surface area contributed by atoms with Gasteiger partial charge in [-0.3, -0.25) is 14.9 Å². The summed E-state index contributed by atoms with van der Waals surface area (Å²) < 4.78 is 16.5. The van der Waals surface area contributed by atoms with Gasteiger partial charge in [-0.05, 0) is 39.8 Å². The van der Waals surface area contributed by atoms with Crippen molar-refractivity contribution < 1.29 is 28.6 Å².